The molecule has 48 heavy (non-hydrogen) atoms. The van der Waals surface area contributed by atoms with Crippen molar-refractivity contribution in [3.63, 3.8) is 0 Å². The van der Waals surface area contributed by atoms with E-state index in [2.05, 4.69) is 20.9 Å². The Kier molecular flexibility index (Phi) is 7.07. The predicted molar refractivity (Wildman–Crippen MR) is 180 cm³/mol. The van der Waals surface area contributed by atoms with Crippen molar-refractivity contribution in [1.82, 2.24) is 9.88 Å². The lowest BCUT2D eigenvalue weighted by atomic mass is 9.56. The predicted octanol–water partition coefficient (Wildman–Crippen LogP) is 6.12. The molecule has 0 unspecified atom stereocenters. The number of phenols is 1. The van der Waals surface area contributed by atoms with Gasteiger partial charge in [0.25, 0.3) is 11.8 Å². The van der Waals surface area contributed by atoms with Gasteiger partial charge in [-0.15, -0.1) is 23.2 Å². The number of halogens is 3. The monoisotopic (exact) mass is 749 g/mol. The van der Waals surface area contributed by atoms with Gasteiger partial charge in [-0.2, -0.15) is 0 Å². The molecule has 1 saturated carbocycles. The highest BCUT2D eigenvalue weighted by Crippen LogP contribution is 2.66. The lowest BCUT2D eigenvalue weighted by Gasteiger charge is -2.50. The second kappa shape index (κ2) is 10.9. The highest BCUT2D eigenvalue weighted by molar-refractivity contribution is 9.09. The van der Waals surface area contributed by atoms with E-state index in [4.69, 9.17) is 32.4 Å². The van der Waals surface area contributed by atoms with E-state index in [0.717, 1.165) is 4.90 Å². The zero-order chi connectivity index (χ0) is 33.7. The van der Waals surface area contributed by atoms with Crippen LogP contribution in [0, 0.1) is 17.8 Å². The third-order valence-corrected chi connectivity index (χ3v) is 12.2. The topological polar surface area (TPSA) is 130 Å². The first-order valence-electron chi connectivity index (χ1n) is 15.2. The maximum absolute atomic E-state index is 14.4. The molecule has 13 heteroatoms. The summed E-state index contributed by atoms with van der Waals surface area (Å²) in [5.41, 5.74) is 3.05. The summed E-state index contributed by atoms with van der Waals surface area (Å²) in [5, 5.41) is 11.3. The number of imide groups is 2. The number of carbonyl (C=O) groups is 4. The number of aromatic hydroxyl groups is 1. The number of aromatic nitrogens is 1. The van der Waals surface area contributed by atoms with Crippen molar-refractivity contribution in [1.29, 1.82) is 0 Å². The van der Waals surface area contributed by atoms with E-state index in [-0.39, 0.29) is 41.3 Å². The second-order valence-electron chi connectivity index (χ2n) is 12.4. The van der Waals surface area contributed by atoms with Crippen molar-refractivity contribution in [3.8, 4) is 23.0 Å². The number of oxazole rings is 1. The molecule has 4 aromatic rings. The Morgan fingerprint density at radius 1 is 0.979 bits per heavy atom. The van der Waals surface area contributed by atoms with Crippen LogP contribution in [0.2, 0.25) is 0 Å². The lowest BCUT2D eigenvalue weighted by Crippen LogP contribution is -2.60. The highest BCUT2D eigenvalue weighted by atomic mass is 79.9. The van der Waals surface area contributed by atoms with Gasteiger partial charge in [-0.3, -0.25) is 29.0 Å². The molecule has 2 aliphatic carbocycles. The summed E-state index contributed by atoms with van der Waals surface area (Å²) in [6, 6.07) is 19.0. The number of para-hydroxylation sites is 3. The average Bonchev–Trinajstić information content (AvgIpc) is 3.68. The number of allylic oxidation sites excluding steroid dienone is 2. The van der Waals surface area contributed by atoms with Crippen molar-refractivity contribution in [2.45, 2.75) is 28.5 Å². The fourth-order valence-electron chi connectivity index (χ4n) is 8.04. The van der Waals surface area contributed by atoms with E-state index >= 15 is 0 Å². The average molecular weight is 751 g/mol. The molecule has 2 saturated heterocycles. The van der Waals surface area contributed by atoms with Gasteiger partial charge in [-0.25, -0.2) is 4.98 Å². The number of rotatable bonds is 5. The van der Waals surface area contributed by atoms with Gasteiger partial charge in [0, 0.05) is 17.0 Å². The normalized spacial score (nSPS) is 29.6. The molecule has 0 radical (unpaired) electrons. The van der Waals surface area contributed by atoms with Crippen LogP contribution in [0.3, 0.4) is 0 Å². The third-order valence-electron chi connectivity index (χ3n) is 10.2. The van der Waals surface area contributed by atoms with Crippen LogP contribution in [0.1, 0.15) is 24.3 Å². The molecule has 3 aromatic carbocycles. The Labute approximate surface area is 292 Å². The molecule has 3 fully saturated rings. The van der Waals surface area contributed by atoms with Crippen LogP contribution in [0.15, 0.2) is 82.8 Å². The van der Waals surface area contributed by atoms with E-state index < -0.39 is 51.1 Å². The molecular formula is C35H26BrCl2N3O7. The van der Waals surface area contributed by atoms with Crippen LogP contribution in [-0.2, 0) is 19.2 Å². The fourth-order valence-corrected chi connectivity index (χ4v) is 9.46. The van der Waals surface area contributed by atoms with Gasteiger partial charge in [0.15, 0.2) is 26.8 Å². The Balaban J connectivity index is 1.20. The molecule has 4 amide bonds. The molecule has 0 bridgehead atoms. The molecule has 0 spiro atoms. The minimum atomic E-state index is -2.04. The number of fused-ring (bicyclic) bond motifs is 5. The largest absolute Gasteiger partial charge is 0.504 e. The van der Waals surface area contributed by atoms with E-state index in [1.54, 1.807) is 42.5 Å². The van der Waals surface area contributed by atoms with E-state index in [0.29, 0.717) is 33.8 Å². The SMILES string of the molecule is COc1cccc([C@H]2C3=CC[C@@H]4C(=O)N(c5ccc(-c6nc7ccccc7o6)cc5)C(=O)[C@@H]4[C@@H]3C[C@@]3(Cl)C(=O)N(CBr)C(=O)[C@@]23Cl)c1O. The number of carbonyl (C=O) groups excluding carboxylic acids is 4. The number of benzene rings is 3. The Morgan fingerprint density at radius 2 is 1.73 bits per heavy atom. The van der Waals surface area contributed by atoms with Crippen molar-refractivity contribution in [2.75, 3.05) is 17.5 Å². The number of nitrogens with zero attached hydrogens (tertiary/aromatic N) is 3. The molecule has 1 aromatic heterocycles. The number of likely N-dealkylation sites (tertiary alicyclic amines) is 1. The van der Waals surface area contributed by atoms with Crippen molar-refractivity contribution in [2.24, 2.45) is 17.8 Å². The van der Waals surface area contributed by atoms with Gasteiger partial charge in [0.1, 0.15) is 5.52 Å². The van der Waals surface area contributed by atoms with Crippen LogP contribution in [-0.4, -0.2) is 60.9 Å². The van der Waals surface area contributed by atoms with Crippen molar-refractivity contribution >= 4 is 79.5 Å². The zero-order valence-corrected chi connectivity index (χ0v) is 28.3. The Morgan fingerprint density at radius 3 is 2.44 bits per heavy atom. The Hall–Kier alpha value is -4.19. The highest BCUT2D eigenvalue weighted by Gasteiger charge is 2.76. The molecule has 4 aliphatic rings. The summed E-state index contributed by atoms with van der Waals surface area (Å²) in [6.45, 7) is 0. The molecule has 8 rings (SSSR count). The number of phenolic OH excluding ortho intramolecular Hbond substituents is 1. The van der Waals surface area contributed by atoms with Crippen LogP contribution < -0.4 is 9.64 Å². The summed E-state index contributed by atoms with van der Waals surface area (Å²) in [7, 11) is 1.39. The number of ether oxygens (including phenoxy) is 1. The Bertz CT molecular complexity index is 2070. The summed E-state index contributed by atoms with van der Waals surface area (Å²) in [4.78, 5) is 58.8. The zero-order valence-electron chi connectivity index (χ0n) is 25.2. The molecule has 6 atom stereocenters. The van der Waals surface area contributed by atoms with Gasteiger partial charge in [-0.1, -0.05) is 51.8 Å². The quantitative estimate of drug-likeness (QED) is 0.112. The molecular weight excluding hydrogens is 725 g/mol. The second-order valence-corrected chi connectivity index (χ2v) is 14.2. The molecule has 2 aliphatic heterocycles. The molecule has 10 nitrogen and oxygen atoms in total. The van der Waals surface area contributed by atoms with Crippen LogP contribution in [0.4, 0.5) is 5.69 Å². The first-order valence-corrected chi connectivity index (χ1v) is 17.1. The van der Waals surface area contributed by atoms with Crippen LogP contribution >= 0.6 is 39.1 Å². The number of anilines is 1. The summed E-state index contributed by atoms with van der Waals surface area (Å²) >= 11 is 17.8. The maximum Gasteiger partial charge on any atom is 0.254 e. The third kappa shape index (κ3) is 4.01. The summed E-state index contributed by atoms with van der Waals surface area (Å²) in [6.07, 6.45) is 1.84. The number of hydrogen-bond donors (Lipinski definition) is 1. The molecule has 1 N–H and O–H groups in total. The van der Waals surface area contributed by atoms with Crippen molar-refractivity contribution < 1.29 is 33.4 Å². The smallest absolute Gasteiger partial charge is 0.254 e. The van der Waals surface area contributed by atoms with E-state index in [1.165, 1.54) is 12.0 Å². The minimum absolute atomic E-state index is 0.137. The van der Waals surface area contributed by atoms with Crippen LogP contribution in [0.5, 0.6) is 11.5 Å². The molecule has 244 valence electrons. The number of methoxy groups -OCH3 is 1. The van der Waals surface area contributed by atoms with Gasteiger partial charge < -0.3 is 14.3 Å². The van der Waals surface area contributed by atoms with Gasteiger partial charge in [-0.05, 0) is 61.2 Å². The lowest BCUT2D eigenvalue weighted by molar-refractivity contribution is -0.138. The summed E-state index contributed by atoms with van der Waals surface area (Å²) < 4.78 is 11.2. The number of alkyl halides is 3. The maximum atomic E-state index is 14.4. The van der Waals surface area contributed by atoms with E-state index in [1.807, 2.05) is 30.3 Å². The van der Waals surface area contributed by atoms with Gasteiger partial charge in [0.05, 0.1) is 30.1 Å². The van der Waals surface area contributed by atoms with Crippen molar-refractivity contribution in [3.05, 3.63) is 83.9 Å². The van der Waals surface area contributed by atoms with Crippen LogP contribution in [0.25, 0.3) is 22.6 Å². The first-order chi connectivity index (χ1) is 23.0. The standard InChI is InChI=1S/C35H26BrCl2N3O7/c1-47-25-8-4-5-21(28(25)42)27-19-13-14-20-26(22(19)15-34(37)32(45)40(16-36)33(46)35(27,34)38)31(44)41(30(20)43)18-11-9-17(10-12-18)29-39-23-6-2-3-7-24(23)48-29/h2-13,20,22,26-27,42H,14-16H2,1H3/t20-,22+,26-,27+,34+,35-/m0/s1. The number of hydrogen-bond acceptors (Lipinski definition) is 8. The van der Waals surface area contributed by atoms with E-state index in [9.17, 15) is 24.3 Å². The first kappa shape index (κ1) is 31.1. The molecule has 3 heterocycles. The van der Waals surface area contributed by atoms with Gasteiger partial charge in [0.2, 0.25) is 17.7 Å². The summed E-state index contributed by atoms with van der Waals surface area (Å²) in [5.74, 6) is -5.44. The fraction of sp³-hybridized carbons (Fsp3) is 0.286. The minimum Gasteiger partial charge on any atom is -0.504 e. The number of amides is 4. The van der Waals surface area contributed by atoms with Gasteiger partial charge >= 0.3 is 0 Å².